The van der Waals surface area contributed by atoms with Gasteiger partial charge in [0.15, 0.2) is 0 Å². The van der Waals surface area contributed by atoms with Crippen molar-refractivity contribution in [2.45, 2.75) is 26.3 Å². The lowest BCUT2D eigenvalue weighted by Crippen LogP contribution is -2.53. The minimum atomic E-state index is -0.300. The average Bonchev–Trinajstić information content (AvgIpc) is 2.58. The second-order valence-corrected chi connectivity index (χ2v) is 7.13. The molecule has 138 valence electrons. The van der Waals surface area contributed by atoms with Crippen LogP contribution in [0.1, 0.15) is 20.8 Å². The van der Waals surface area contributed by atoms with Crippen molar-refractivity contribution in [3.63, 3.8) is 0 Å². The quantitative estimate of drug-likeness (QED) is 0.864. The Morgan fingerprint density at radius 1 is 1.08 bits per heavy atom. The summed E-state index contributed by atoms with van der Waals surface area (Å²) in [5.41, 5.74) is 0.816. The maximum absolute atomic E-state index is 12.2. The summed E-state index contributed by atoms with van der Waals surface area (Å²) in [7, 11) is 1.65. The normalized spacial score (nSPS) is 14.9. The van der Waals surface area contributed by atoms with Crippen molar-refractivity contribution in [1.82, 2.24) is 15.5 Å². The summed E-state index contributed by atoms with van der Waals surface area (Å²) in [6.07, 6.45) is 0. The highest BCUT2D eigenvalue weighted by Gasteiger charge is 2.22. The monoisotopic (exact) mass is 348 g/mol. The molecule has 0 unspecified atom stereocenters. The first-order valence-electron chi connectivity index (χ1n) is 8.51. The van der Waals surface area contributed by atoms with Crippen molar-refractivity contribution in [3.05, 3.63) is 24.3 Å². The van der Waals surface area contributed by atoms with Gasteiger partial charge in [0.1, 0.15) is 5.75 Å². The van der Waals surface area contributed by atoms with Crippen LogP contribution in [0.15, 0.2) is 24.3 Å². The van der Waals surface area contributed by atoms with Crippen molar-refractivity contribution < 1.29 is 14.3 Å². The number of anilines is 1. The van der Waals surface area contributed by atoms with E-state index in [1.165, 1.54) is 0 Å². The number of hydrogen-bond acceptors (Lipinski definition) is 4. The third kappa shape index (κ3) is 5.85. The molecule has 0 bridgehead atoms. The number of rotatable bonds is 4. The molecule has 1 heterocycles. The summed E-state index contributed by atoms with van der Waals surface area (Å²) in [6, 6.07) is 7.71. The van der Waals surface area contributed by atoms with Gasteiger partial charge in [-0.3, -0.25) is 4.79 Å². The molecule has 7 nitrogen and oxygen atoms in total. The van der Waals surface area contributed by atoms with E-state index in [0.29, 0.717) is 13.1 Å². The molecule has 0 aliphatic carbocycles. The second-order valence-electron chi connectivity index (χ2n) is 7.13. The van der Waals surface area contributed by atoms with Crippen LogP contribution in [-0.2, 0) is 4.79 Å². The van der Waals surface area contributed by atoms with Crippen LogP contribution in [0.5, 0.6) is 5.75 Å². The SMILES string of the molecule is COc1ccc(N2CCN(C(=O)NCC(=O)NC(C)(C)C)CC2)cc1. The number of carbonyl (C=O) groups excluding carboxylic acids is 2. The molecule has 1 aromatic rings. The van der Waals surface area contributed by atoms with Gasteiger partial charge in [-0.1, -0.05) is 0 Å². The highest BCUT2D eigenvalue weighted by atomic mass is 16.5. The molecule has 2 rings (SSSR count). The van der Waals surface area contributed by atoms with Crippen LogP contribution in [0.2, 0.25) is 0 Å². The predicted molar refractivity (Wildman–Crippen MR) is 98.1 cm³/mol. The van der Waals surface area contributed by atoms with Crippen LogP contribution < -0.4 is 20.3 Å². The van der Waals surface area contributed by atoms with E-state index in [9.17, 15) is 9.59 Å². The van der Waals surface area contributed by atoms with E-state index < -0.39 is 0 Å². The molecule has 1 fully saturated rings. The van der Waals surface area contributed by atoms with Gasteiger partial charge in [0, 0.05) is 37.4 Å². The van der Waals surface area contributed by atoms with E-state index in [4.69, 9.17) is 4.74 Å². The topological polar surface area (TPSA) is 73.9 Å². The molecular formula is C18H28N4O3. The van der Waals surface area contributed by atoms with Crippen LogP contribution in [-0.4, -0.2) is 62.2 Å². The van der Waals surface area contributed by atoms with Crippen molar-refractivity contribution in [3.8, 4) is 5.75 Å². The fourth-order valence-corrected chi connectivity index (χ4v) is 2.69. The van der Waals surface area contributed by atoms with Gasteiger partial charge >= 0.3 is 6.03 Å². The first-order chi connectivity index (χ1) is 11.8. The lowest BCUT2D eigenvalue weighted by atomic mass is 10.1. The summed E-state index contributed by atoms with van der Waals surface area (Å²) in [5, 5.41) is 5.51. The number of urea groups is 1. The largest absolute Gasteiger partial charge is 0.497 e. The number of amides is 3. The summed E-state index contributed by atoms with van der Waals surface area (Å²) in [6.45, 7) is 8.48. The Morgan fingerprint density at radius 2 is 1.68 bits per heavy atom. The average molecular weight is 348 g/mol. The highest BCUT2D eigenvalue weighted by Crippen LogP contribution is 2.20. The Hall–Kier alpha value is -2.44. The minimum Gasteiger partial charge on any atom is -0.497 e. The molecule has 1 aromatic carbocycles. The van der Waals surface area contributed by atoms with Crippen LogP contribution in [0.25, 0.3) is 0 Å². The third-order valence-corrected chi connectivity index (χ3v) is 3.92. The van der Waals surface area contributed by atoms with Crippen LogP contribution in [0, 0.1) is 0 Å². The van der Waals surface area contributed by atoms with E-state index in [1.807, 2.05) is 45.0 Å². The zero-order valence-electron chi connectivity index (χ0n) is 15.5. The Morgan fingerprint density at radius 3 is 2.20 bits per heavy atom. The number of hydrogen-bond donors (Lipinski definition) is 2. The van der Waals surface area contributed by atoms with E-state index >= 15 is 0 Å². The van der Waals surface area contributed by atoms with Crippen LogP contribution in [0.4, 0.5) is 10.5 Å². The van der Waals surface area contributed by atoms with Gasteiger partial charge in [-0.2, -0.15) is 0 Å². The van der Waals surface area contributed by atoms with Crippen molar-refractivity contribution in [2.75, 3.05) is 44.7 Å². The lowest BCUT2D eigenvalue weighted by Gasteiger charge is -2.36. The van der Waals surface area contributed by atoms with Gasteiger partial charge in [0.25, 0.3) is 0 Å². The number of benzene rings is 1. The maximum Gasteiger partial charge on any atom is 0.317 e. The Kier molecular flexibility index (Phi) is 6.12. The molecule has 0 aromatic heterocycles. The van der Waals surface area contributed by atoms with Gasteiger partial charge < -0.3 is 25.2 Å². The smallest absolute Gasteiger partial charge is 0.317 e. The number of nitrogens with zero attached hydrogens (tertiary/aromatic N) is 2. The molecule has 0 atom stereocenters. The Balaban J connectivity index is 1.77. The maximum atomic E-state index is 12.2. The van der Waals surface area contributed by atoms with Crippen molar-refractivity contribution in [1.29, 1.82) is 0 Å². The fourth-order valence-electron chi connectivity index (χ4n) is 2.69. The van der Waals surface area contributed by atoms with E-state index in [2.05, 4.69) is 15.5 Å². The third-order valence-electron chi connectivity index (χ3n) is 3.92. The molecule has 0 saturated carbocycles. The minimum absolute atomic E-state index is 0.00516. The Bertz CT molecular complexity index is 587. The number of nitrogens with one attached hydrogen (secondary N) is 2. The van der Waals surface area contributed by atoms with E-state index in [-0.39, 0.29) is 24.0 Å². The van der Waals surface area contributed by atoms with Crippen LogP contribution >= 0.6 is 0 Å². The number of piperazine rings is 1. The van der Waals surface area contributed by atoms with E-state index in [0.717, 1.165) is 24.5 Å². The van der Waals surface area contributed by atoms with Crippen LogP contribution in [0.3, 0.4) is 0 Å². The fraction of sp³-hybridized carbons (Fsp3) is 0.556. The molecule has 3 amide bonds. The second kappa shape index (κ2) is 8.09. The standard InChI is InChI=1S/C18H28N4O3/c1-18(2,3)20-16(23)13-19-17(24)22-11-9-21(10-12-22)14-5-7-15(25-4)8-6-14/h5-8H,9-13H2,1-4H3,(H,19,24)(H,20,23). The number of carbonyl (C=O) groups is 2. The molecule has 1 aliphatic rings. The van der Waals surface area contributed by atoms with Gasteiger partial charge in [-0.15, -0.1) is 0 Å². The molecule has 25 heavy (non-hydrogen) atoms. The van der Waals surface area contributed by atoms with Gasteiger partial charge in [-0.25, -0.2) is 4.79 Å². The van der Waals surface area contributed by atoms with Crippen molar-refractivity contribution in [2.24, 2.45) is 0 Å². The summed E-state index contributed by atoms with van der Waals surface area (Å²) in [4.78, 5) is 27.9. The van der Waals surface area contributed by atoms with Gasteiger partial charge in [-0.05, 0) is 45.0 Å². The first kappa shape index (κ1) is 18.9. The first-order valence-corrected chi connectivity index (χ1v) is 8.51. The van der Waals surface area contributed by atoms with Crippen molar-refractivity contribution >= 4 is 17.6 Å². The lowest BCUT2D eigenvalue weighted by molar-refractivity contribution is -0.121. The zero-order valence-corrected chi connectivity index (χ0v) is 15.5. The predicted octanol–water partition coefficient (Wildman–Crippen LogP) is 1.44. The number of ether oxygens (including phenoxy) is 1. The molecule has 0 radical (unpaired) electrons. The molecule has 1 aliphatic heterocycles. The Labute approximate surface area is 149 Å². The molecule has 1 saturated heterocycles. The molecule has 7 heteroatoms. The summed E-state index contributed by atoms with van der Waals surface area (Å²) < 4.78 is 5.17. The zero-order chi connectivity index (χ0) is 18.4. The number of methoxy groups -OCH3 is 1. The van der Waals surface area contributed by atoms with Gasteiger partial charge in [0.2, 0.25) is 5.91 Å². The molecular weight excluding hydrogens is 320 g/mol. The van der Waals surface area contributed by atoms with Gasteiger partial charge in [0.05, 0.1) is 13.7 Å². The van der Waals surface area contributed by atoms with E-state index in [1.54, 1.807) is 12.0 Å². The molecule has 2 N–H and O–H groups in total. The summed E-state index contributed by atoms with van der Waals surface area (Å²) >= 11 is 0. The summed E-state index contributed by atoms with van der Waals surface area (Å²) in [5.74, 6) is 0.646. The highest BCUT2D eigenvalue weighted by molar-refractivity contribution is 5.84. The molecule has 0 spiro atoms.